The molecule has 0 aromatic carbocycles. The van der Waals surface area contributed by atoms with Gasteiger partial charge in [0.2, 0.25) is 5.91 Å². The van der Waals surface area contributed by atoms with Gasteiger partial charge in [0, 0.05) is 44.0 Å². The number of likely N-dealkylation sites (tertiary alicyclic amines) is 1. The van der Waals surface area contributed by atoms with E-state index in [-0.39, 0.29) is 5.91 Å². The fourth-order valence-electron chi connectivity index (χ4n) is 2.13. The van der Waals surface area contributed by atoms with Gasteiger partial charge in [-0.15, -0.1) is 0 Å². The Balaban J connectivity index is 1.60. The Labute approximate surface area is 107 Å². The van der Waals surface area contributed by atoms with Crippen LogP contribution in [0, 0.1) is 0 Å². The normalized spacial score (nSPS) is 17.8. The Morgan fingerprint density at radius 3 is 3.00 bits per heavy atom. The summed E-state index contributed by atoms with van der Waals surface area (Å²) in [7, 11) is 0. The van der Waals surface area contributed by atoms with E-state index in [0.29, 0.717) is 19.1 Å². The maximum atomic E-state index is 11.7. The molecular formula is C12H21N5O. The Hall–Kier alpha value is -1.40. The molecule has 1 aliphatic rings. The van der Waals surface area contributed by atoms with Gasteiger partial charge in [0.05, 0.1) is 12.9 Å². The maximum absolute atomic E-state index is 11.7. The first-order chi connectivity index (χ1) is 8.74. The molecule has 2 rings (SSSR count). The molecule has 0 aliphatic carbocycles. The zero-order chi connectivity index (χ0) is 12.8. The predicted octanol–water partition coefficient (Wildman–Crippen LogP) is -0.508. The molecular weight excluding hydrogens is 230 g/mol. The van der Waals surface area contributed by atoms with Crippen molar-refractivity contribution in [2.75, 3.05) is 26.2 Å². The van der Waals surface area contributed by atoms with Crippen LogP contribution in [0.15, 0.2) is 12.5 Å². The monoisotopic (exact) mass is 251 g/mol. The second-order valence-electron chi connectivity index (χ2n) is 4.79. The number of amides is 1. The lowest BCUT2D eigenvalue weighted by Gasteiger charge is -2.29. The van der Waals surface area contributed by atoms with Crippen LogP contribution in [0.5, 0.6) is 0 Å². The first-order valence-electron chi connectivity index (χ1n) is 6.46. The van der Waals surface area contributed by atoms with Gasteiger partial charge in [0.1, 0.15) is 0 Å². The summed E-state index contributed by atoms with van der Waals surface area (Å²) in [5.74, 6) is 0.0880. The molecule has 0 bridgehead atoms. The Bertz CT molecular complexity index is 357. The molecule has 18 heavy (non-hydrogen) atoms. The number of rotatable bonds is 5. The molecule has 4 N–H and O–H groups in total. The highest BCUT2D eigenvalue weighted by Gasteiger charge is 2.17. The SMILES string of the molecule is NC1CCN(CC(=O)NCCc2cnc[nH]2)CC1. The third-order valence-electron chi connectivity index (χ3n) is 3.27. The van der Waals surface area contributed by atoms with Gasteiger partial charge in [-0.3, -0.25) is 9.69 Å². The lowest BCUT2D eigenvalue weighted by Crippen LogP contribution is -2.44. The Kier molecular flexibility index (Phi) is 4.72. The molecule has 1 fully saturated rings. The zero-order valence-corrected chi connectivity index (χ0v) is 10.6. The van der Waals surface area contributed by atoms with E-state index in [4.69, 9.17) is 5.73 Å². The second-order valence-corrected chi connectivity index (χ2v) is 4.79. The van der Waals surface area contributed by atoms with Gasteiger partial charge in [-0.2, -0.15) is 0 Å². The fraction of sp³-hybridized carbons (Fsp3) is 0.667. The molecule has 6 heteroatoms. The van der Waals surface area contributed by atoms with Crippen LogP contribution in [0.4, 0.5) is 0 Å². The molecule has 1 aromatic rings. The van der Waals surface area contributed by atoms with Crippen LogP contribution in [0.1, 0.15) is 18.5 Å². The van der Waals surface area contributed by atoms with Gasteiger partial charge in [0.25, 0.3) is 0 Å². The van der Waals surface area contributed by atoms with Crippen molar-refractivity contribution in [2.45, 2.75) is 25.3 Å². The van der Waals surface area contributed by atoms with E-state index in [0.717, 1.165) is 38.0 Å². The number of imidazole rings is 1. The van der Waals surface area contributed by atoms with Crippen molar-refractivity contribution in [2.24, 2.45) is 5.73 Å². The van der Waals surface area contributed by atoms with Crippen molar-refractivity contribution < 1.29 is 4.79 Å². The molecule has 100 valence electrons. The molecule has 0 spiro atoms. The van der Waals surface area contributed by atoms with E-state index < -0.39 is 0 Å². The number of aromatic nitrogens is 2. The summed E-state index contributed by atoms with van der Waals surface area (Å²) in [6.45, 7) is 2.98. The van der Waals surface area contributed by atoms with Gasteiger partial charge in [0.15, 0.2) is 0 Å². The minimum Gasteiger partial charge on any atom is -0.355 e. The molecule has 0 unspecified atom stereocenters. The quantitative estimate of drug-likeness (QED) is 0.658. The van der Waals surface area contributed by atoms with Crippen LogP contribution in [-0.2, 0) is 11.2 Å². The topological polar surface area (TPSA) is 87.0 Å². The largest absolute Gasteiger partial charge is 0.355 e. The maximum Gasteiger partial charge on any atom is 0.234 e. The number of carbonyl (C=O) groups is 1. The van der Waals surface area contributed by atoms with Crippen molar-refractivity contribution in [1.29, 1.82) is 0 Å². The average Bonchev–Trinajstić information content (AvgIpc) is 2.85. The van der Waals surface area contributed by atoms with E-state index in [9.17, 15) is 4.79 Å². The molecule has 1 saturated heterocycles. The van der Waals surface area contributed by atoms with Crippen LogP contribution >= 0.6 is 0 Å². The molecule has 1 aliphatic heterocycles. The van der Waals surface area contributed by atoms with Crippen LogP contribution in [0.3, 0.4) is 0 Å². The minimum absolute atomic E-state index is 0.0880. The number of hydrogen-bond acceptors (Lipinski definition) is 4. The third kappa shape index (κ3) is 4.12. The first kappa shape index (κ1) is 13.0. The van der Waals surface area contributed by atoms with Crippen LogP contribution in [0.25, 0.3) is 0 Å². The summed E-state index contributed by atoms with van der Waals surface area (Å²) >= 11 is 0. The first-order valence-corrected chi connectivity index (χ1v) is 6.46. The molecule has 1 aromatic heterocycles. The van der Waals surface area contributed by atoms with Gasteiger partial charge >= 0.3 is 0 Å². The number of hydrogen-bond donors (Lipinski definition) is 3. The van der Waals surface area contributed by atoms with Crippen molar-refractivity contribution in [1.82, 2.24) is 20.2 Å². The standard InChI is InChI=1S/C12H21N5O/c13-10-2-5-17(6-3-10)8-12(18)15-4-1-11-7-14-9-16-11/h7,9-10H,1-6,8,13H2,(H,14,16)(H,15,18). The van der Waals surface area contributed by atoms with Crippen LogP contribution < -0.4 is 11.1 Å². The van der Waals surface area contributed by atoms with Crippen LogP contribution in [-0.4, -0.2) is 53.0 Å². The highest BCUT2D eigenvalue weighted by molar-refractivity contribution is 5.78. The van der Waals surface area contributed by atoms with E-state index in [1.54, 1.807) is 12.5 Å². The number of nitrogens with two attached hydrogens (primary N) is 1. The number of H-pyrrole nitrogens is 1. The number of piperidine rings is 1. The summed E-state index contributed by atoms with van der Waals surface area (Å²) in [4.78, 5) is 20.8. The zero-order valence-electron chi connectivity index (χ0n) is 10.6. The lowest BCUT2D eigenvalue weighted by atomic mass is 10.1. The highest BCUT2D eigenvalue weighted by Crippen LogP contribution is 2.07. The average molecular weight is 251 g/mol. The summed E-state index contributed by atoms with van der Waals surface area (Å²) in [5, 5.41) is 2.92. The number of carbonyl (C=O) groups excluding carboxylic acids is 1. The van der Waals surface area contributed by atoms with Crippen molar-refractivity contribution in [3.05, 3.63) is 18.2 Å². The summed E-state index contributed by atoms with van der Waals surface area (Å²) in [6, 6.07) is 0.310. The smallest absolute Gasteiger partial charge is 0.234 e. The summed E-state index contributed by atoms with van der Waals surface area (Å²) < 4.78 is 0. The van der Waals surface area contributed by atoms with E-state index in [2.05, 4.69) is 20.2 Å². The number of nitrogens with zero attached hydrogens (tertiary/aromatic N) is 2. The van der Waals surface area contributed by atoms with Crippen LogP contribution in [0.2, 0.25) is 0 Å². The van der Waals surface area contributed by atoms with E-state index >= 15 is 0 Å². The van der Waals surface area contributed by atoms with Crippen molar-refractivity contribution >= 4 is 5.91 Å². The summed E-state index contributed by atoms with van der Waals surface area (Å²) in [5.41, 5.74) is 6.87. The van der Waals surface area contributed by atoms with Gasteiger partial charge in [-0.25, -0.2) is 4.98 Å². The molecule has 2 heterocycles. The molecule has 6 nitrogen and oxygen atoms in total. The van der Waals surface area contributed by atoms with E-state index in [1.807, 2.05) is 0 Å². The predicted molar refractivity (Wildman–Crippen MR) is 69.0 cm³/mol. The third-order valence-corrected chi connectivity index (χ3v) is 3.27. The molecule has 1 amide bonds. The Morgan fingerprint density at radius 1 is 1.56 bits per heavy atom. The second kappa shape index (κ2) is 6.51. The Morgan fingerprint density at radius 2 is 2.33 bits per heavy atom. The summed E-state index contributed by atoms with van der Waals surface area (Å²) in [6.07, 6.45) is 6.19. The number of aromatic amines is 1. The lowest BCUT2D eigenvalue weighted by molar-refractivity contribution is -0.122. The van der Waals surface area contributed by atoms with E-state index in [1.165, 1.54) is 0 Å². The molecule has 0 radical (unpaired) electrons. The van der Waals surface area contributed by atoms with Gasteiger partial charge < -0.3 is 16.0 Å². The fourth-order valence-corrected chi connectivity index (χ4v) is 2.13. The number of nitrogens with one attached hydrogen (secondary N) is 2. The van der Waals surface area contributed by atoms with Gasteiger partial charge in [-0.05, 0) is 12.8 Å². The minimum atomic E-state index is 0.0880. The van der Waals surface area contributed by atoms with Gasteiger partial charge in [-0.1, -0.05) is 0 Å². The van der Waals surface area contributed by atoms with Crippen molar-refractivity contribution in [3.63, 3.8) is 0 Å². The highest BCUT2D eigenvalue weighted by atomic mass is 16.2. The molecule has 0 saturated carbocycles. The molecule has 0 atom stereocenters. The van der Waals surface area contributed by atoms with Crippen molar-refractivity contribution in [3.8, 4) is 0 Å².